The summed E-state index contributed by atoms with van der Waals surface area (Å²) in [6.07, 6.45) is 1.74. The first-order chi connectivity index (χ1) is 10.0. The molecule has 0 radical (unpaired) electrons. The second-order valence-corrected chi connectivity index (χ2v) is 6.32. The van der Waals surface area contributed by atoms with Crippen LogP contribution in [0.25, 0.3) is 0 Å². The first-order valence-corrected chi connectivity index (χ1v) is 7.92. The summed E-state index contributed by atoms with van der Waals surface area (Å²) in [5.41, 5.74) is 0. The first kappa shape index (κ1) is 16.6. The molecule has 118 valence electrons. The fourth-order valence-corrected chi connectivity index (χ4v) is 2.77. The zero-order chi connectivity index (χ0) is 15.2. The lowest BCUT2D eigenvalue weighted by Crippen LogP contribution is -2.47. The van der Waals surface area contributed by atoms with Crippen LogP contribution in [0.2, 0.25) is 5.02 Å². The van der Waals surface area contributed by atoms with E-state index in [-0.39, 0.29) is 6.61 Å². The summed E-state index contributed by atoms with van der Waals surface area (Å²) in [5.74, 6) is 0.689. The number of halogens is 1. The van der Waals surface area contributed by atoms with Crippen LogP contribution in [0.3, 0.4) is 0 Å². The number of nitrogens with one attached hydrogen (secondary N) is 1. The van der Waals surface area contributed by atoms with Crippen molar-refractivity contribution in [1.82, 2.24) is 10.2 Å². The van der Waals surface area contributed by atoms with E-state index in [1.807, 2.05) is 12.1 Å². The lowest BCUT2D eigenvalue weighted by molar-refractivity contribution is 0.0953. The molecular formula is C16H25ClN2O2. The maximum absolute atomic E-state index is 10.00. The minimum absolute atomic E-state index is 0.273. The molecule has 1 heterocycles. The van der Waals surface area contributed by atoms with Crippen LogP contribution in [0.1, 0.15) is 19.8 Å². The van der Waals surface area contributed by atoms with Crippen molar-refractivity contribution in [2.24, 2.45) is 0 Å². The third-order valence-corrected chi connectivity index (χ3v) is 4.32. The molecule has 0 aliphatic carbocycles. The van der Waals surface area contributed by atoms with Crippen molar-refractivity contribution in [2.75, 3.05) is 26.7 Å². The average Bonchev–Trinajstić information content (AvgIpc) is 2.46. The third kappa shape index (κ3) is 5.47. The van der Waals surface area contributed by atoms with Gasteiger partial charge in [0.25, 0.3) is 0 Å². The fourth-order valence-electron chi connectivity index (χ4n) is 2.59. The number of aliphatic hydroxyl groups excluding tert-OH is 1. The molecule has 1 aliphatic rings. The number of piperidine rings is 1. The van der Waals surface area contributed by atoms with Crippen molar-refractivity contribution in [3.63, 3.8) is 0 Å². The number of nitrogens with zero attached hydrogens (tertiary/aromatic N) is 1. The van der Waals surface area contributed by atoms with Crippen molar-refractivity contribution in [3.8, 4) is 5.75 Å². The standard InChI is InChI=1S/C16H25ClN2O2/c1-12-8-14(6-7-19(12)2)18-10-15(20)11-21-16-5-3-4-13(17)9-16/h3-5,9,12,14-15,18,20H,6-8,10-11H2,1-2H3. The van der Waals surface area contributed by atoms with Gasteiger partial charge in [0.1, 0.15) is 18.5 Å². The number of ether oxygens (including phenoxy) is 1. The van der Waals surface area contributed by atoms with Gasteiger partial charge >= 0.3 is 0 Å². The Hall–Kier alpha value is -0.810. The van der Waals surface area contributed by atoms with Crippen molar-refractivity contribution in [3.05, 3.63) is 29.3 Å². The van der Waals surface area contributed by atoms with Gasteiger partial charge < -0.3 is 20.1 Å². The van der Waals surface area contributed by atoms with E-state index in [1.54, 1.807) is 12.1 Å². The van der Waals surface area contributed by atoms with Gasteiger partial charge in [0, 0.05) is 23.7 Å². The molecule has 0 amide bonds. The van der Waals surface area contributed by atoms with Crippen LogP contribution in [0.5, 0.6) is 5.75 Å². The second kappa shape index (κ2) is 7.99. The Kier molecular flexibility index (Phi) is 6.30. The molecule has 2 rings (SSSR count). The summed E-state index contributed by atoms with van der Waals surface area (Å²) in [5, 5.41) is 14.1. The van der Waals surface area contributed by atoms with E-state index >= 15 is 0 Å². The molecule has 0 aromatic heterocycles. The molecule has 0 spiro atoms. The SMILES string of the molecule is CC1CC(NCC(O)COc2cccc(Cl)c2)CCN1C. The zero-order valence-electron chi connectivity index (χ0n) is 12.8. The van der Waals surface area contributed by atoms with Gasteiger partial charge in [0.2, 0.25) is 0 Å². The molecule has 1 saturated heterocycles. The van der Waals surface area contributed by atoms with Gasteiger partial charge in [0.15, 0.2) is 0 Å². The average molecular weight is 313 g/mol. The molecule has 21 heavy (non-hydrogen) atoms. The molecule has 5 heteroatoms. The first-order valence-electron chi connectivity index (χ1n) is 7.54. The molecule has 1 aliphatic heterocycles. The Bertz CT molecular complexity index is 444. The van der Waals surface area contributed by atoms with Gasteiger partial charge in [-0.1, -0.05) is 17.7 Å². The second-order valence-electron chi connectivity index (χ2n) is 5.88. The molecule has 1 aromatic carbocycles. The molecule has 0 saturated carbocycles. The molecule has 2 N–H and O–H groups in total. The van der Waals surface area contributed by atoms with E-state index < -0.39 is 6.10 Å². The minimum atomic E-state index is -0.515. The van der Waals surface area contributed by atoms with Crippen LogP contribution in [0.15, 0.2) is 24.3 Å². The summed E-state index contributed by atoms with van der Waals surface area (Å²) in [6.45, 7) is 4.18. The van der Waals surface area contributed by atoms with Crippen LogP contribution in [-0.2, 0) is 0 Å². The Morgan fingerprint density at radius 2 is 2.33 bits per heavy atom. The summed E-state index contributed by atoms with van der Waals surface area (Å²) >= 11 is 5.89. The van der Waals surface area contributed by atoms with Crippen molar-refractivity contribution < 1.29 is 9.84 Å². The van der Waals surface area contributed by atoms with Gasteiger partial charge in [-0.3, -0.25) is 0 Å². The number of hydrogen-bond acceptors (Lipinski definition) is 4. The number of aliphatic hydroxyl groups is 1. The maximum atomic E-state index is 10.00. The van der Waals surface area contributed by atoms with E-state index in [0.29, 0.717) is 29.4 Å². The number of hydrogen-bond donors (Lipinski definition) is 2. The molecule has 3 unspecified atom stereocenters. The van der Waals surface area contributed by atoms with Crippen molar-refractivity contribution in [2.45, 2.75) is 38.0 Å². The van der Waals surface area contributed by atoms with Gasteiger partial charge in [-0.2, -0.15) is 0 Å². The normalized spacial score (nSPS) is 24.8. The molecule has 3 atom stereocenters. The topological polar surface area (TPSA) is 44.7 Å². The zero-order valence-corrected chi connectivity index (χ0v) is 13.5. The van der Waals surface area contributed by atoms with Crippen LogP contribution < -0.4 is 10.1 Å². The van der Waals surface area contributed by atoms with Crippen LogP contribution in [0.4, 0.5) is 0 Å². The number of rotatable bonds is 6. The lowest BCUT2D eigenvalue weighted by Gasteiger charge is -2.35. The van der Waals surface area contributed by atoms with Crippen LogP contribution in [-0.4, -0.2) is 54.9 Å². The summed E-state index contributed by atoms with van der Waals surface area (Å²) < 4.78 is 5.54. The quantitative estimate of drug-likeness (QED) is 0.845. The van der Waals surface area contributed by atoms with Crippen molar-refractivity contribution >= 4 is 11.6 Å². The molecular weight excluding hydrogens is 288 g/mol. The highest BCUT2D eigenvalue weighted by Gasteiger charge is 2.22. The lowest BCUT2D eigenvalue weighted by atomic mass is 9.99. The van der Waals surface area contributed by atoms with E-state index in [2.05, 4.69) is 24.2 Å². The fraction of sp³-hybridized carbons (Fsp3) is 0.625. The van der Waals surface area contributed by atoms with Crippen molar-refractivity contribution in [1.29, 1.82) is 0 Å². The monoisotopic (exact) mass is 312 g/mol. The minimum Gasteiger partial charge on any atom is -0.491 e. The smallest absolute Gasteiger partial charge is 0.120 e. The predicted molar refractivity (Wildman–Crippen MR) is 86.1 cm³/mol. The Labute approximate surface area is 132 Å². The van der Waals surface area contributed by atoms with E-state index in [4.69, 9.17) is 16.3 Å². The summed E-state index contributed by atoms with van der Waals surface area (Å²) in [6, 6.07) is 8.30. The highest BCUT2D eigenvalue weighted by Crippen LogP contribution is 2.17. The molecule has 0 bridgehead atoms. The Morgan fingerprint density at radius 3 is 3.05 bits per heavy atom. The molecule has 1 fully saturated rings. The highest BCUT2D eigenvalue weighted by molar-refractivity contribution is 6.30. The van der Waals surface area contributed by atoms with Gasteiger partial charge in [-0.25, -0.2) is 0 Å². The maximum Gasteiger partial charge on any atom is 0.120 e. The van der Waals surface area contributed by atoms with Crippen LogP contribution >= 0.6 is 11.6 Å². The third-order valence-electron chi connectivity index (χ3n) is 4.09. The number of likely N-dealkylation sites (tertiary alicyclic amines) is 1. The summed E-state index contributed by atoms with van der Waals surface area (Å²) in [7, 11) is 2.16. The van der Waals surface area contributed by atoms with E-state index in [0.717, 1.165) is 19.4 Å². The molecule has 1 aromatic rings. The largest absolute Gasteiger partial charge is 0.491 e. The Morgan fingerprint density at radius 1 is 1.52 bits per heavy atom. The van der Waals surface area contributed by atoms with Crippen LogP contribution in [0, 0.1) is 0 Å². The predicted octanol–water partition coefficient (Wildman–Crippen LogP) is 2.15. The summed E-state index contributed by atoms with van der Waals surface area (Å²) in [4.78, 5) is 2.37. The number of benzene rings is 1. The van der Waals surface area contributed by atoms with Gasteiger partial charge in [-0.15, -0.1) is 0 Å². The highest BCUT2D eigenvalue weighted by atomic mass is 35.5. The van der Waals surface area contributed by atoms with E-state index in [9.17, 15) is 5.11 Å². The van der Waals surface area contributed by atoms with E-state index in [1.165, 1.54) is 0 Å². The molecule has 4 nitrogen and oxygen atoms in total. The van der Waals surface area contributed by atoms with Gasteiger partial charge in [-0.05, 0) is 51.6 Å². The Balaban J connectivity index is 1.67. The van der Waals surface area contributed by atoms with Gasteiger partial charge in [0.05, 0.1) is 0 Å².